The second-order valence-corrected chi connectivity index (χ2v) is 4.61. The van der Waals surface area contributed by atoms with Crippen molar-refractivity contribution in [3.8, 4) is 5.75 Å². The Bertz CT molecular complexity index is 545. The number of hydrogen-bond acceptors (Lipinski definition) is 3. The molecule has 2 aromatic rings. The van der Waals surface area contributed by atoms with E-state index in [0.29, 0.717) is 5.88 Å². The quantitative estimate of drug-likeness (QED) is 0.782. The van der Waals surface area contributed by atoms with Gasteiger partial charge in [0.25, 0.3) is 0 Å². The minimum atomic E-state index is 0.486. The van der Waals surface area contributed by atoms with Crippen LogP contribution in [0.15, 0.2) is 42.7 Å². The largest absolute Gasteiger partial charge is 0.497 e. The van der Waals surface area contributed by atoms with Crippen molar-refractivity contribution in [1.82, 2.24) is 4.98 Å². The fraction of sp³-hybridized carbons (Fsp3) is 0.267. The lowest BCUT2D eigenvalue weighted by molar-refractivity contribution is 0.414. The standard InChI is InChI=1S/C15H17ClN2O/c1-18(15-10-17-7-6-13(15)9-16)11-12-4-3-5-14(8-12)19-2/h3-8,10H,9,11H2,1-2H3. The Kier molecular flexibility index (Phi) is 4.63. The van der Waals surface area contributed by atoms with E-state index in [1.165, 1.54) is 5.56 Å². The molecule has 0 saturated carbocycles. The third-order valence-electron chi connectivity index (χ3n) is 3.00. The number of pyridine rings is 1. The van der Waals surface area contributed by atoms with Crippen LogP contribution in [0.3, 0.4) is 0 Å². The molecule has 0 radical (unpaired) electrons. The van der Waals surface area contributed by atoms with E-state index in [0.717, 1.165) is 23.5 Å². The maximum Gasteiger partial charge on any atom is 0.119 e. The van der Waals surface area contributed by atoms with Gasteiger partial charge in [-0.05, 0) is 29.3 Å². The van der Waals surface area contributed by atoms with Gasteiger partial charge in [0.1, 0.15) is 5.75 Å². The highest BCUT2D eigenvalue weighted by Gasteiger charge is 2.07. The number of hydrogen-bond donors (Lipinski definition) is 0. The number of aromatic nitrogens is 1. The molecule has 1 aromatic carbocycles. The summed E-state index contributed by atoms with van der Waals surface area (Å²) in [5, 5.41) is 0. The predicted molar refractivity (Wildman–Crippen MR) is 78.9 cm³/mol. The molecule has 0 spiro atoms. The van der Waals surface area contributed by atoms with E-state index < -0.39 is 0 Å². The Labute approximate surface area is 118 Å². The van der Waals surface area contributed by atoms with Gasteiger partial charge < -0.3 is 9.64 Å². The first-order valence-electron chi connectivity index (χ1n) is 6.07. The molecule has 4 heteroatoms. The van der Waals surface area contributed by atoms with Crippen LogP contribution in [0.1, 0.15) is 11.1 Å². The lowest BCUT2D eigenvalue weighted by atomic mass is 10.2. The van der Waals surface area contributed by atoms with Gasteiger partial charge in [0.05, 0.1) is 19.0 Å². The molecule has 0 amide bonds. The van der Waals surface area contributed by atoms with Crippen LogP contribution >= 0.6 is 11.6 Å². The summed E-state index contributed by atoms with van der Waals surface area (Å²) in [6.07, 6.45) is 3.61. The minimum Gasteiger partial charge on any atom is -0.497 e. The number of anilines is 1. The van der Waals surface area contributed by atoms with Crippen molar-refractivity contribution >= 4 is 17.3 Å². The molecule has 100 valence electrons. The van der Waals surface area contributed by atoms with E-state index in [1.54, 1.807) is 13.3 Å². The SMILES string of the molecule is COc1cccc(CN(C)c2cnccc2CCl)c1. The van der Waals surface area contributed by atoms with Gasteiger partial charge in [-0.1, -0.05) is 12.1 Å². The first-order chi connectivity index (χ1) is 9.24. The average molecular weight is 277 g/mol. The monoisotopic (exact) mass is 276 g/mol. The van der Waals surface area contributed by atoms with Gasteiger partial charge in [-0.2, -0.15) is 0 Å². The summed E-state index contributed by atoms with van der Waals surface area (Å²) < 4.78 is 5.24. The maximum atomic E-state index is 5.95. The molecule has 0 N–H and O–H groups in total. The topological polar surface area (TPSA) is 25.4 Å². The molecule has 0 aliphatic heterocycles. The van der Waals surface area contributed by atoms with Crippen molar-refractivity contribution in [3.63, 3.8) is 0 Å². The highest BCUT2D eigenvalue weighted by Crippen LogP contribution is 2.22. The molecule has 0 fully saturated rings. The molecular weight excluding hydrogens is 260 g/mol. The summed E-state index contributed by atoms with van der Waals surface area (Å²) >= 11 is 5.95. The van der Waals surface area contributed by atoms with E-state index in [4.69, 9.17) is 16.3 Å². The molecule has 3 nitrogen and oxygen atoms in total. The smallest absolute Gasteiger partial charge is 0.119 e. The van der Waals surface area contributed by atoms with Crippen molar-refractivity contribution in [3.05, 3.63) is 53.9 Å². The second kappa shape index (κ2) is 6.43. The van der Waals surface area contributed by atoms with Crippen molar-refractivity contribution < 1.29 is 4.74 Å². The normalized spacial score (nSPS) is 10.3. The zero-order valence-corrected chi connectivity index (χ0v) is 11.9. The van der Waals surface area contributed by atoms with Gasteiger partial charge in [-0.3, -0.25) is 4.98 Å². The molecule has 0 saturated heterocycles. The van der Waals surface area contributed by atoms with Crippen LogP contribution in [0, 0.1) is 0 Å². The van der Waals surface area contributed by atoms with Crippen LogP contribution in [0.2, 0.25) is 0 Å². The molecule has 0 aliphatic rings. The first-order valence-corrected chi connectivity index (χ1v) is 6.61. The maximum absolute atomic E-state index is 5.95. The number of benzene rings is 1. The van der Waals surface area contributed by atoms with E-state index >= 15 is 0 Å². The van der Waals surface area contributed by atoms with Gasteiger partial charge in [0, 0.05) is 25.7 Å². The van der Waals surface area contributed by atoms with Crippen LogP contribution < -0.4 is 9.64 Å². The number of nitrogens with zero attached hydrogens (tertiary/aromatic N) is 2. The molecule has 0 unspecified atom stereocenters. The fourth-order valence-electron chi connectivity index (χ4n) is 2.00. The van der Waals surface area contributed by atoms with Gasteiger partial charge in [-0.15, -0.1) is 11.6 Å². The van der Waals surface area contributed by atoms with Gasteiger partial charge in [-0.25, -0.2) is 0 Å². The third kappa shape index (κ3) is 3.38. The van der Waals surface area contributed by atoms with Crippen LogP contribution in [-0.2, 0) is 12.4 Å². The van der Waals surface area contributed by atoms with Gasteiger partial charge in [0.15, 0.2) is 0 Å². The molecule has 0 atom stereocenters. The summed E-state index contributed by atoms with van der Waals surface area (Å²) in [5.74, 6) is 1.36. The van der Waals surface area contributed by atoms with E-state index in [2.05, 4.69) is 16.0 Å². The molecular formula is C15H17ClN2O. The fourth-order valence-corrected chi connectivity index (χ4v) is 2.23. The minimum absolute atomic E-state index is 0.486. The summed E-state index contributed by atoms with van der Waals surface area (Å²) in [6, 6.07) is 10.00. The number of rotatable bonds is 5. The van der Waals surface area contributed by atoms with E-state index in [9.17, 15) is 0 Å². The van der Waals surface area contributed by atoms with Crippen molar-refractivity contribution in [2.75, 3.05) is 19.1 Å². The molecule has 0 aliphatic carbocycles. The zero-order valence-electron chi connectivity index (χ0n) is 11.1. The summed E-state index contributed by atoms with van der Waals surface area (Å²) in [7, 11) is 3.71. The molecule has 2 rings (SSSR count). The summed E-state index contributed by atoms with van der Waals surface area (Å²) in [4.78, 5) is 6.30. The summed E-state index contributed by atoms with van der Waals surface area (Å²) in [6.45, 7) is 0.785. The Balaban J connectivity index is 2.18. The van der Waals surface area contributed by atoms with Crippen LogP contribution in [0.25, 0.3) is 0 Å². The second-order valence-electron chi connectivity index (χ2n) is 4.35. The van der Waals surface area contributed by atoms with Gasteiger partial charge in [0.2, 0.25) is 0 Å². The number of methoxy groups -OCH3 is 1. The predicted octanol–water partition coefficient (Wildman–Crippen LogP) is 3.47. The first kappa shape index (κ1) is 13.7. The van der Waals surface area contributed by atoms with E-state index in [1.807, 2.05) is 37.5 Å². The Morgan fingerprint density at radius 2 is 2.16 bits per heavy atom. The number of ether oxygens (including phenoxy) is 1. The highest BCUT2D eigenvalue weighted by molar-refractivity contribution is 6.17. The van der Waals surface area contributed by atoms with Gasteiger partial charge >= 0.3 is 0 Å². The van der Waals surface area contributed by atoms with E-state index in [-0.39, 0.29) is 0 Å². The molecule has 19 heavy (non-hydrogen) atoms. The number of alkyl halides is 1. The third-order valence-corrected chi connectivity index (χ3v) is 3.28. The van der Waals surface area contributed by atoms with Crippen molar-refractivity contribution in [2.45, 2.75) is 12.4 Å². The Morgan fingerprint density at radius 3 is 2.89 bits per heavy atom. The molecule has 1 aromatic heterocycles. The molecule has 1 heterocycles. The van der Waals surface area contributed by atoms with Crippen molar-refractivity contribution in [2.24, 2.45) is 0 Å². The van der Waals surface area contributed by atoms with Crippen molar-refractivity contribution in [1.29, 1.82) is 0 Å². The van der Waals surface area contributed by atoms with Crippen LogP contribution in [0.5, 0.6) is 5.75 Å². The van der Waals surface area contributed by atoms with Crippen LogP contribution in [0.4, 0.5) is 5.69 Å². The molecule has 0 bridgehead atoms. The number of halogens is 1. The van der Waals surface area contributed by atoms with Crippen LogP contribution in [-0.4, -0.2) is 19.1 Å². The highest BCUT2D eigenvalue weighted by atomic mass is 35.5. The zero-order chi connectivity index (χ0) is 13.7. The average Bonchev–Trinajstić information content (AvgIpc) is 2.47. The summed E-state index contributed by atoms with van der Waals surface area (Å²) in [5.41, 5.74) is 3.33. The lowest BCUT2D eigenvalue weighted by Crippen LogP contribution is -2.18. The Morgan fingerprint density at radius 1 is 1.32 bits per heavy atom. The lowest BCUT2D eigenvalue weighted by Gasteiger charge is -2.21. The Hall–Kier alpha value is -1.74.